The summed E-state index contributed by atoms with van der Waals surface area (Å²) in [5, 5.41) is 21.7. The Kier molecular flexibility index (Phi) is 4.54. The van der Waals surface area contributed by atoms with Gasteiger partial charge >= 0.3 is 0 Å². The van der Waals surface area contributed by atoms with E-state index >= 15 is 0 Å². The predicted octanol–water partition coefficient (Wildman–Crippen LogP) is 4.10. The molecule has 2 rings (SSSR count). The van der Waals surface area contributed by atoms with Gasteiger partial charge in [-0.05, 0) is 18.6 Å². The SMILES string of the molecule is Cc1ccc(CSc2ccc([N+](=O)[O-])cc2[N+](=O)[O-])cc1. The molecule has 2 aromatic rings. The molecule has 0 atom stereocenters. The molecule has 0 saturated heterocycles. The Morgan fingerprint density at radius 2 is 1.67 bits per heavy atom. The standard InChI is InChI=1S/C14H12N2O4S/c1-10-2-4-11(5-3-10)9-21-14-7-6-12(15(17)18)8-13(14)16(19)20/h2-8H,9H2,1H3. The largest absolute Gasteiger partial charge is 0.289 e. The second-order valence-corrected chi connectivity index (χ2v) is 5.46. The van der Waals surface area contributed by atoms with Crippen molar-refractivity contribution in [2.24, 2.45) is 0 Å². The molecule has 0 aromatic heterocycles. The van der Waals surface area contributed by atoms with Crippen LogP contribution >= 0.6 is 11.8 Å². The van der Waals surface area contributed by atoms with E-state index in [4.69, 9.17) is 0 Å². The van der Waals surface area contributed by atoms with E-state index in [1.165, 1.54) is 23.9 Å². The minimum atomic E-state index is -0.637. The van der Waals surface area contributed by atoms with Crippen LogP contribution < -0.4 is 0 Å². The monoisotopic (exact) mass is 304 g/mol. The molecule has 7 heteroatoms. The summed E-state index contributed by atoms with van der Waals surface area (Å²) in [5.41, 5.74) is 1.67. The van der Waals surface area contributed by atoms with Crippen LogP contribution in [0.1, 0.15) is 11.1 Å². The highest BCUT2D eigenvalue weighted by Gasteiger charge is 2.19. The summed E-state index contributed by atoms with van der Waals surface area (Å²) in [7, 11) is 0. The van der Waals surface area contributed by atoms with Gasteiger partial charge in [0.1, 0.15) is 0 Å². The van der Waals surface area contributed by atoms with Gasteiger partial charge in [-0.15, -0.1) is 11.8 Å². The number of rotatable bonds is 5. The highest BCUT2D eigenvalue weighted by molar-refractivity contribution is 7.98. The zero-order valence-corrected chi connectivity index (χ0v) is 12.0. The number of nitrogens with zero attached hydrogens (tertiary/aromatic N) is 2. The Labute approximate surface area is 125 Å². The molecule has 0 aliphatic carbocycles. The van der Waals surface area contributed by atoms with Gasteiger partial charge in [-0.3, -0.25) is 20.2 Å². The van der Waals surface area contributed by atoms with E-state index in [1.807, 2.05) is 31.2 Å². The summed E-state index contributed by atoms with van der Waals surface area (Å²) in [6.45, 7) is 1.98. The molecule has 21 heavy (non-hydrogen) atoms. The van der Waals surface area contributed by atoms with Crippen LogP contribution in [-0.4, -0.2) is 9.85 Å². The van der Waals surface area contributed by atoms with Crippen molar-refractivity contribution in [1.82, 2.24) is 0 Å². The summed E-state index contributed by atoms with van der Waals surface area (Å²) in [5.74, 6) is 0.568. The number of nitro groups is 2. The first kappa shape index (κ1) is 15.0. The lowest BCUT2D eigenvalue weighted by Gasteiger charge is -2.04. The van der Waals surface area contributed by atoms with Crippen molar-refractivity contribution >= 4 is 23.1 Å². The first-order valence-corrected chi connectivity index (χ1v) is 7.07. The van der Waals surface area contributed by atoms with E-state index in [1.54, 1.807) is 0 Å². The minimum absolute atomic E-state index is 0.235. The van der Waals surface area contributed by atoms with E-state index in [-0.39, 0.29) is 11.4 Å². The number of nitro benzene ring substituents is 2. The van der Waals surface area contributed by atoms with Crippen LogP contribution in [0.15, 0.2) is 47.4 Å². The highest BCUT2D eigenvalue weighted by atomic mass is 32.2. The molecule has 0 unspecified atom stereocenters. The first-order chi connectivity index (χ1) is 9.97. The quantitative estimate of drug-likeness (QED) is 0.471. The lowest BCUT2D eigenvalue weighted by molar-refractivity contribution is -0.396. The Hall–Kier alpha value is -2.41. The van der Waals surface area contributed by atoms with Crippen molar-refractivity contribution in [2.45, 2.75) is 17.6 Å². The van der Waals surface area contributed by atoms with E-state index in [2.05, 4.69) is 0 Å². The highest BCUT2D eigenvalue weighted by Crippen LogP contribution is 2.34. The fraction of sp³-hybridized carbons (Fsp3) is 0.143. The number of non-ortho nitro benzene ring substituents is 1. The maximum absolute atomic E-state index is 11.0. The third-order valence-electron chi connectivity index (χ3n) is 2.86. The number of thioether (sulfide) groups is 1. The average Bonchev–Trinajstić information content (AvgIpc) is 2.46. The second kappa shape index (κ2) is 6.36. The zero-order valence-electron chi connectivity index (χ0n) is 11.2. The van der Waals surface area contributed by atoms with E-state index < -0.39 is 9.85 Å². The molecule has 0 fully saturated rings. The van der Waals surface area contributed by atoms with Crippen molar-refractivity contribution in [3.8, 4) is 0 Å². The molecule has 108 valence electrons. The zero-order chi connectivity index (χ0) is 15.4. The predicted molar refractivity (Wildman–Crippen MR) is 80.5 cm³/mol. The summed E-state index contributed by atoms with van der Waals surface area (Å²) < 4.78 is 0. The van der Waals surface area contributed by atoms with Crippen molar-refractivity contribution in [3.05, 3.63) is 73.8 Å². The van der Waals surface area contributed by atoms with Crippen LogP contribution in [0.5, 0.6) is 0 Å². The average molecular weight is 304 g/mol. The molecule has 2 aromatic carbocycles. The van der Waals surface area contributed by atoms with Crippen LogP contribution in [0.25, 0.3) is 0 Å². The van der Waals surface area contributed by atoms with Gasteiger partial charge in [-0.25, -0.2) is 0 Å². The Bertz CT molecular complexity index is 686. The molecular weight excluding hydrogens is 292 g/mol. The van der Waals surface area contributed by atoms with Crippen molar-refractivity contribution in [1.29, 1.82) is 0 Å². The normalized spacial score (nSPS) is 10.3. The van der Waals surface area contributed by atoms with Gasteiger partial charge in [0.2, 0.25) is 0 Å². The summed E-state index contributed by atoms with van der Waals surface area (Å²) >= 11 is 1.29. The molecule has 0 amide bonds. The minimum Gasteiger partial charge on any atom is -0.258 e. The van der Waals surface area contributed by atoms with Gasteiger partial charge in [0.25, 0.3) is 11.4 Å². The van der Waals surface area contributed by atoms with E-state index in [9.17, 15) is 20.2 Å². The van der Waals surface area contributed by atoms with Crippen LogP contribution in [0, 0.1) is 27.2 Å². The Morgan fingerprint density at radius 1 is 1.00 bits per heavy atom. The molecule has 0 aliphatic heterocycles. The maximum atomic E-state index is 11.0. The lowest BCUT2D eigenvalue weighted by atomic mass is 10.2. The van der Waals surface area contributed by atoms with Crippen molar-refractivity contribution in [2.75, 3.05) is 0 Å². The lowest BCUT2D eigenvalue weighted by Crippen LogP contribution is -1.94. The topological polar surface area (TPSA) is 86.3 Å². The fourth-order valence-corrected chi connectivity index (χ4v) is 2.69. The number of hydrogen-bond donors (Lipinski definition) is 0. The fourth-order valence-electron chi connectivity index (χ4n) is 1.73. The summed E-state index contributed by atoms with van der Waals surface area (Å²) in [6, 6.07) is 11.6. The molecule has 0 radical (unpaired) electrons. The molecular formula is C14H12N2O4S. The molecule has 0 spiro atoms. The molecule has 0 N–H and O–H groups in total. The maximum Gasteiger partial charge on any atom is 0.289 e. The number of hydrogen-bond acceptors (Lipinski definition) is 5. The van der Waals surface area contributed by atoms with Gasteiger partial charge in [0.15, 0.2) is 0 Å². The Balaban J connectivity index is 2.21. The summed E-state index contributed by atoms with van der Waals surface area (Å²) in [4.78, 5) is 20.9. The van der Waals surface area contributed by atoms with Gasteiger partial charge in [-0.2, -0.15) is 0 Å². The molecule has 0 heterocycles. The third kappa shape index (κ3) is 3.79. The third-order valence-corrected chi connectivity index (χ3v) is 4.00. The first-order valence-electron chi connectivity index (χ1n) is 6.08. The Morgan fingerprint density at radius 3 is 2.24 bits per heavy atom. The molecule has 6 nitrogen and oxygen atoms in total. The van der Waals surface area contributed by atoms with Crippen LogP contribution in [0.2, 0.25) is 0 Å². The number of aryl methyl sites for hydroxylation is 1. The van der Waals surface area contributed by atoms with E-state index in [0.29, 0.717) is 10.6 Å². The van der Waals surface area contributed by atoms with Crippen LogP contribution in [0.4, 0.5) is 11.4 Å². The van der Waals surface area contributed by atoms with Crippen LogP contribution in [-0.2, 0) is 5.75 Å². The van der Waals surface area contributed by atoms with Gasteiger partial charge in [0, 0.05) is 11.8 Å². The van der Waals surface area contributed by atoms with Gasteiger partial charge in [-0.1, -0.05) is 29.8 Å². The van der Waals surface area contributed by atoms with Gasteiger partial charge in [0.05, 0.1) is 20.8 Å². The molecule has 0 aliphatic rings. The summed E-state index contributed by atoms with van der Waals surface area (Å²) in [6.07, 6.45) is 0. The number of benzene rings is 2. The van der Waals surface area contributed by atoms with Crippen LogP contribution in [0.3, 0.4) is 0 Å². The molecule has 0 bridgehead atoms. The van der Waals surface area contributed by atoms with Crippen molar-refractivity contribution in [3.63, 3.8) is 0 Å². The molecule has 0 saturated carbocycles. The smallest absolute Gasteiger partial charge is 0.258 e. The van der Waals surface area contributed by atoms with E-state index in [0.717, 1.165) is 17.2 Å². The van der Waals surface area contributed by atoms with Crippen molar-refractivity contribution < 1.29 is 9.85 Å². The van der Waals surface area contributed by atoms with Gasteiger partial charge < -0.3 is 0 Å². The second-order valence-electron chi connectivity index (χ2n) is 4.44.